The van der Waals surface area contributed by atoms with E-state index in [2.05, 4.69) is 4.98 Å². The Hall–Kier alpha value is -1.38. The molecule has 3 nitrogen and oxygen atoms in total. The molecule has 3 heteroatoms. The van der Waals surface area contributed by atoms with Crippen molar-refractivity contribution in [2.24, 2.45) is 5.92 Å². The van der Waals surface area contributed by atoms with Gasteiger partial charge in [0, 0.05) is 12.4 Å². The molecule has 0 atom stereocenters. The van der Waals surface area contributed by atoms with Crippen LogP contribution in [0.1, 0.15) is 35.2 Å². The normalized spacial score (nSPS) is 16.3. The van der Waals surface area contributed by atoms with E-state index >= 15 is 0 Å². The third kappa shape index (κ3) is 1.92. The van der Waals surface area contributed by atoms with E-state index in [-0.39, 0.29) is 0 Å². The van der Waals surface area contributed by atoms with Gasteiger partial charge >= 0.3 is 5.97 Å². The van der Waals surface area contributed by atoms with Crippen LogP contribution in [0.15, 0.2) is 18.5 Å². The van der Waals surface area contributed by atoms with Crippen LogP contribution in [0.3, 0.4) is 0 Å². The maximum atomic E-state index is 10.7. The molecule has 0 aromatic carbocycles. The van der Waals surface area contributed by atoms with Crippen LogP contribution in [0.25, 0.3) is 0 Å². The Kier molecular flexibility index (Phi) is 2.48. The van der Waals surface area contributed by atoms with E-state index in [1.807, 2.05) is 0 Å². The predicted octanol–water partition coefficient (Wildman–Crippen LogP) is 2.12. The number of pyridine rings is 1. The van der Waals surface area contributed by atoms with Gasteiger partial charge in [-0.25, -0.2) is 4.79 Å². The molecule has 1 aliphatic carbocycles. The largest absolute Gasteiger partial charge is 0.478 e. The third-order valence-electron chi connectivity index (χ3n) is 2.79. The summed E-state index contributed by atoms with van der Waals surface area (Å²) < 4.78 is 0. The second kappa shape index (κ2) is 3.78. The van der Waals surface area contributed by atoms with E-state index in [0.29, 0.717) is 5.56 Å². The Morgan fingerprint density at radius 1 is 1.50 bits per heavy atom. The number of carboxylic acids is 1. The van der Waals surface area contributed by atoms with Crippen molar-refractivity contribution in [2.45, 2.75) is 25.7 Å². The molecule has 1 saturated carbocycles. The SMILES string of the molecule is O=C(O)c1cncc(CC2CCC2)c1. The molecule has 2 rings (SSSR count). The zero-order valence-corrected chi connectivity index (χ0v) is 7.94. The van der Waals surface area contributed by atoms with E-state index in [4.69, 9.17) is 5.11 Å². The summed E-state index contributed by atoms with van der Waals surface area (Å²) >= 11 is 0. The Morgan fingerprint density at radius 3 is 2.86 bits per heavy atom. The molecular formula is C11H13NO2. The van der Waals surface area contributed by atoms with E-state index in [1.54, 1.807) is 12.3 Å². The average Bonchev–Trinajstić information content (AvgIpc) is 2.12. The van der Waals surface area contributed by atoms with Crippen molar-refractivity contribution in [1.82, 2.24) is 4.98 Å². The monoisotopic (exact) mass is 191 g/mol. The van der Waals surface area contributed by atoms with E-state index < -0.39 is 5.97 Å². The fourth-order valence-electron chi connectivity index (χ4n) is 1.75. The number of nitrogens with zero attached hydrogens (tertiary/aromatic N) is 1. The van der Waals surface area contributed by atoms with Crippen LogP contribution < -0.4 is 0 Å². The van der Waals surface area contributed by atoms with Gasteiger partial charge in [0.15, 0.2) is 0 Å². The fraction of sp³-hybridized carbons (Fsp3) is 0.455. The van der Waals surface area contributed by atoms with Crippen molar-refractivity contribution in [3.8, 4) is 0 Å². The second-order valence-electron chi connectivity index (χ2n) is 3.89. The van der Waals surface area contributed by atoms with Gasteiger partial charge in [-0.1, -0.05) is 19.3 Å². The molecule has 0 aliphatic heterocycles. The van der Waals surface area contributed by atoms with Gasteiger partial charge in [0.2, 0.25) is 0 Å². The van der Waals surface area contributed by atoms with Crippen LogP contribution in [-0.4, -0.2) is 16.1 Å². The quantitative estimate of drug-likeness (QED) is 0.796. The zero-order chi connectivity index (χ0) is 9.97. The lowest BCUT2D eigenvalue weighted by atomic mass is 9.81. The second-order valence-corrected chi connectivity index (χ2v) is 3.89. The molecule has 0 bridgehead atoms. The maximum Gasteiger partial charge on any atom is 0.337 e. The molecule has 1 heterocycles. The number of carbonyl (C=O) groups is 1. The summed E-state index contributed by atoms with van der Waals surface area (Å²) in [5, 5.41) is 8.77. The average molecular weight is 191 g/mol. The van der Waals surface area contributed by atoms with Crippen molar-refractivity contribution in [3.63, 3.8) is 0 Å². The van der Waals surface area contributed by atoms with Crippen LogP contribution in [0, 0.1) is 5.92 Å². The summed E-state index contributed by atoms with van der Waals surface area (Å²) in [6, 6.07) is 1.73. The summed E-state index contributed by atoms with van der Waals surface area (Å²) in [6.07, 6.45) is 8.01. The minimum atomic E-state index is -0.895. The Morgan fingerprint density at radius 2 is 2.29 bits per heavy atom. The van der Waals surface area contributed by atoms with E-state index in [1.165, 1.54) is 25.5 Å². The van der Waals surface area contributed by atoms with Crippen molar-refractivity contribution in [2.75, 3.05) is 0 Å². The van der Waals surface area contributed by atoms with Crippen molar-refractivity contribution in [1.29, 1.82) is 0 Å². The molecule has 0 radical (unpaired) electrons. The summed E-state index contributed by atoms with van der Waals surface area (Å²) in [4.78, 5) is 14.6. The first-order chi connectivity index (χ1) is 6.75. The maximum absolute atomic E-state index is 10.7. The van der Waals surface area contributed by atoms with Crippen molar-refractivity contribution >= 4 is 5.97 Å². The van der Waals surface area contributed by atoms with E-state index in [9.17, 15) is 4.79 Å². The number of rotatable bonds is 3. The molecule has 0 spiro atoms. The van der Waals surface area contributed by atoms with Crippen LogP contribution in [-0.2, 0) is 6.42 Å². The Balaban J connectivity index is 2.09. The number of carboxylic acid groups (broad SMARTS) is 1. The molecule has 14 heavy (non-hydrogen) atoms. The van der Waals surface area contributed by atoms with Gasteiger partial charge in [0.1, 0.15) is 0 Å². The first-order valence-electron chi connectivity index (χ1n) is 4.93. The highest BCUT2D eigenvalue weighted by molar-refractivity contribution is 5.87. The molecule has 74 valence electrons. The molecule has 0 saturated heterocycles. The summed E-state index contributed by atoms with van der Waals surface area (Å²) in [6.45, 7) is 0. The summed E-state index contributed by atoms with van der Waals surface area (Å²) in [7, 11) is 0. The minimum Gasteiger partial charge on any atom is -0.478 e. The number of aromatic carboxylic acids is 1. The van der Waals surface area contributed by atoms with Crippen LogP contribution in [0.2, 0.25) is 0 Å². The molecule has 0 amide bonds. The molecule has 1 aromatic rings. The fourth-order valence-corrected chi connectivity index (χ4v) is 1.75. The number of hydrogen-bond acceptors (Lipinski definition) is 2. The van der Waals surface area contributed by atoms with Crippen LogP contribution in [0.4, 0.5) is 0 Å². The lowest BCUT2D eigenvalue weighted by molar-refractivity contribution is 0.0696. The van der Waals surface area contributed by atoms with Gasteiger partial charge in [-0.3, -0.25) is 4.98 Å². The topological polar surface area (TPSA) is 50.2 Å². The first kappa shape index (κ1) is 9.19. The molecule has 0 unspecified atom stereocenters. The lowest BCUT2D eigenvalue weighted by Gasteiger charge is -2.25. The van der Waals surface area contributed by atoms with Crippen LogP contribution in [0.5, 0.6) is 0 Å². The van der Waals surface area contributed by atoms with Crippen molar-refractivity contribution in [3.05, 3.63) is 29.6 Å². The zero-order valence-electron chi connectivity index (χ0n) is 7.94. The van der Waals surface area contributed by atoms with Gasteiger partial charge in [-0.05, 0) is 24.0 Å². The highest BCUT2D eigenvalue weighted by atomic mass is 16.4. The van der Waals surface area contributed by atoms with Crippen LogP contribution >= 0.6 is 0 Å². The first-order valence-corrected chi connectivity index (χ1v) is 4.93. The highest BCUT2D eigenvalue weighted by Gasteiger charge is 2.18. The Labute approximate surface area is 82.8 Å². The number of hydrogen-bond donors (Lipinski definition) is 1. The standard InChI is InChI=1S/C11H13NO2/c13-11(14)10-5-9(6-12-7-10)4-8-2-1-3-8/h5-8H,1-4H2,(H,13,14). The smallest absolute Gasteiger partial charge is 0.337 e. The molecular weight excluding hydrogens is 178 g/mol. The number of aromatic nitrogens is 1. The van der Waals surface area contributed by atoms with Gasteiger partial charge in [-0.15, -0.1) is 0 Å². The molecule has 1 aliphatic rings. The molecule has 1 fully saturated rings. The predicted molar refractivity (Wildman–Crippen MR) is 52.2 cm³/mol. The lowest BCUT2D eigenvalue weighted by Crippen LogP contribution is -2.14. The Bertz CT molecular complexity index is 345. The minimum absolute atomic E-state index is 0.293. The van der Waals surface area contributed by atoms with E-state index in [0.717, 1.165) is 17.9 Å². The van der Waals surface area contributed by atoms with Gasteiger partial charge in [-0.2, -0.15) is 0 Å². The van der Waals surface area contributed by atoms with Gasteiger partial charge < -0.3 is 5.11 Å². The van der Waals surface area contributed by atoms with Gasteiger partial charge in [0.25, 0.3) is 0 Å². The van der Waals surface area contributed by atoms with Gasteiger partial charge in [0.05, 0.1) is 5.56 Å². The highest BCUT2D eigenvalue weighted by Crippen LogP contribution is 2.29. The molecule has 1 N–H and O–H groups in total. The summed E-state index contributed by atoms with van der Waals surface area (Å²) in [5.41, 5.74) is 1.34. The molecule has 1 aromatic heterocycles. The van der Waals surface area contributed by atoms with Crippen molar-refractivity contribution < 1.29 is 9.90 Å². The third-order valence-corrected chi connectivity index (χ3v) is 2.79. The summed E-state index contributed by atoms with van der Waals surface area (Å²) in [5.74, 6) is -0.145.